The van der Waals surface area contributed by atoms with E-state index in [1.54, 1.807) is 20.3 Å². The zero-order valence-electron chi connectivity index (χ0n) is 16.6. The lowest BCUT2D eigenvalue weighted by atomic mass is 10.1. The fourth-order valence-corrected chi connectivity index (χ4v) is 3.76. The highest BCUT2D eigenvalue weighted by Gasteiger charge is 2.14. The van der Waals surface area contributed by atoms with E-state index in [0.717, 1.165) is 39.6 Å². The van der Waals surface area contributed by atoms with Crippen molar-refractivity contribution in [1.29, 1.82) is 0 Å². The molecule has 0 bridgehead atoms. The van der Waals surface area contributed by atoms with Crippen LogP contribution in [0.2, 0.25) is 10.0 Å². The van der Waals surface area contributed by atoms with Gasteiger partial charge in [0.2, 0.25) is 0 Å². The number of nitrogens with zero attached hydrogens (tertiary/aromatic N) is 2. The smallest absolute Gasteiger partial charge is 0.119 e. The average molecular weight is 439 g/mol. The van der Waals surface area contributed by atoms with E-state index in [1.807, 2.05) is 65.3 Å². The Bertz CT molecular complexity index is 1190. The molecule has 0 atom stereocenters. The molecule has 4 nitrogen and oxygen atoms in total. The van der Waals surface area contributed by atoms with Crippen molar-refractivity contribution in [2.24, 2.45) is 0 Å². The van der Waals surface area contributed by atoms with Crippen molar-refractivity contribution in [1.82, 2.24) is 9.78 Å². The Kier molecular flexibility index (Phi) is 5.98. The minimum atomic E-state index is 0.506. The standard InChI is InChI=1S/C24H20Cl2N2O2/c1-29-20-7-3-5-16(11-20)23-14-24(17-6-4-8-21(12-17)30-2)28(27-23)15-18-9-10-19(25)13-22(18)26/h3-14H,15H2,1-2H3. The first-order valence-corrected chi connectivity index (χ1v) is 10.1. The third-order valence-corrected chi connectivity index (χ3v) is 5.43. The lowest BCUT2D eigenvalue weighted by Crippen LogP contribution is -2.04. The molecule has 0 unspecified atom stereocenters. The number of aromatic nitrogens is 2. The zero-order valence-corrected chi connectivity index (χ0v) is 18.1. The van der Waals surface area contributed by atoms with Gasteiger partial charge in [-0.05, 0) is 48.0 Å². The van der Waals surface area contributed by atoms with Crippen LogP contribution in [-0.4, -0.2) is 24.0 Å². The molecule has 1 heterocycles. The van der Waals surface area contributed by atoms with Crippen LogP contribution in [0.15, 0.2) is 72.8 Å². The Labute approximate surface area is 185 Å². The molecule has 0 saturated heterocycles. The third-order valence-electron chi connectivity index (χ3n) is 4.85. The van der Waals surface area contributed by atoms with Gasteiger partial charge < -0.3 is 9.47 Å². The van der Waals surface area contributed by atoms with Crippen molar-refractivity contribution in [2.75, 3.05) is 14.2 Å². The molecule has 3 aromatic carbocycles. The summed E-state index contributed by atoms with van der Waals surface area (Å²) in [5.74, 6) is 1.57. The second-order valence-corrected chi connectivity index (χ2v) is 7.62. The van der Waals surface area contributed by atoms with E-state index in [9.17, 15) is 0 Å². The summed E-state index contributed by atoms with van der Waals surface area (Å²) < 4.78 is 12.7. The van der Waals surface area contributed by atoms with E-state index in [1.165, 1.54) is 0 Å². The summed E-state index contributed by atoms with van der Waals surface area (Å²) in [5, 5.41) is 6.09. The van der Waals surface area contributed by atoms with Crippen LogP contribution in [0.4, 0.5) is 0 Å². The highest BCUT2D eigenvalue weighted by molar-refractivity contribution is 6.35. The largest absolute Gasteiger partial charge is 0.497 e. The van der Waals surface area contributed by atoms with Crippen molar-refractivity contribution in [2.45, 2.75) is 6.54 Å². The average Bonchev–Trinajstić information content (AvgIpc) is 3.20. The number of hydrogen-bond acceptors (Lipinski definition) is 3. The Morgan fingerprint density at radius 1 is 0.800 bits per heavy atom. The molecule has 0 radical (unpaired) electrons. The molecule has 0 aliphatic carbocycles. The van der Waals surface area contributed by atoms with Gasteiger partial charge >= 0.3 is 0 Å². The van der Waals surface area contributed by atoms with Gasteiger partial charge in [-0.25, -0.2) is 0 Å². The molecular weight excluding hydrogens is 419 g/mol. The topological polar surface area (TPSA) is 36.3 Å². The maximum absolute atomic E-state index is 6.43. The van der Waals surface area contributed by atoms with Crippen LogP contribution in [0.1, 0.15) is 5.56 Å². The van der Waals surface area contributed by atoms with Crippen LogP contribution in [-0.2, 0) is 6.54 Å². The SMILES string of the molecule is COc1cccc(-c2cc(-c3cccc(OC)c3)n(Cc3ccc(Cl)cc3Cl)n2)c1. The number of rotatable bonds is 6. The number of ether oxygens (including phenoxy) is 2. The number of benzene rings is 3. The van der Waals surface area contributed by atoms with Crippen LogP contribution in [0.3, 0.4) is 0 Å². The van der Waals surface area contributed by atoms with E-state index in [2.05, 4.69) is 6.07 Å². The van der Waals surface area contributed by atoms with Gasteiger partial charge in [-0.1, -0.05) is 53.5 Å². The zero-order chi connectivity index (χ0) is 21.1. The fraction of sp³-hybridized carbons (Fsp3) is 0.125. The predicted molar refractivity (Wildman–Crippen MR) is 122 cm³/mol. The first-order chi connectivity index (χ1) is 14.6. The van der Waals surface area contributed by atoms with E-state index in [0.29, 0.717) is 16.6 Å². The molecule has 0 aliphatic rings. The highest BCUT2D eigenvalue weighted by atomic mass is 35.5. The van der Waals surface area contributed by atoms with Gasteiger partial charge in [-0.3, -0.25) is 4.68 Å². The molecule has 0 amide bonds. The van der Waals surface area contributed by atoms with Gasteiger partial charge in [-0.15, -0.1) is 0 Å². The lowest BCUT2D eigenvalue weighted by molar-refractivity contribution is 0.415. The summed E-state index contributed by atoms with van der Waals surface area (Å²) in [7, 11) is 3.31. The Morgan fingerprint density at radius 2 is 1.47 bits per heavy atom. The van der Waals surface area contributed by atoms with Gasteiger partial charge in [-0.2, -0.15) is 5.10 Å². The number of halogens is 2. The third kappa shape index (κ3) is 4.30. The van der Waals surface area contributed by atoms with Gasteiger partial charge in [0.05, 0.1) is 32.2 Å². The summed E-state index contributed by atoms with van der Waals surface area (Å²) in [6.07, 6.45) is 0. The molecule has 4 aromatic rings. The quantitative estimate of drug-likeness (QED) is 0.340. The normalized spacial score (nSPS) is 10.8. The lowest BCUT2D eigenvalue weighted by Gasteiger charge is -2.10. The molecular formula is C24H20Cl2N2O2. The fourth-order valence-electron chi connectivity index (χ4n) is 3.29. The van der Waals surface area contributed by atoms with E-state index < -0.39 is 0 Å². The van der Waals surface area contributed by atoms with Gasteiger partial charge in [0, 0.05) is 21.2 Å². The van der Waals surface area contributed by atoms with Crippen LogP contribution in [0.25, 0.3) is 22.5 Å². The second-order valence-electron chi connectivity index (χ2n) is 6.77. The minimum absolute atomic E-state index is 0.506. The Hall–Kier alpha value is -2.95. The van der Waals surface area contributed by atoms with Crippen molar-refractivity contribution < 1.29 is 9.47 Å². The molecule has 4 rings (SSSR count). The molecule has 0 spiro atoms. The van der Waals surface area contributed by atoms with Crippen LogP contribution >= 0.6 is 23.2 Å². The first kappa shape index (κ1) is 20.3. The molecule has 0 aliphatic heterocycles. The minimum Gasteiger partial charge on any atom is -0.497 e. The molecule has 1 aromatic heterocycles. The summed E-state index contributed by atoms with van der Waals surface area (Å²) in [5.41, 5.74) is 4.71. The van der Waals surface area contributed by atoms with Crippen molar-refractivity contribution >= 4 is 23.2 Å². The molecule has 152 valence electrons. The highest BCUT2D eigenvalue weighted by Crippen LogP contribution is 2.31. The van der Waals surface area contributed by atoms with Gasteiger partial charge in [0.1, 0.15) is 11.5 Å². The van der Waals surface area contributed by atoms with Crippen LogP contribution in [0, 0.1) is 0 Å². The number of hydrogen-bond donors (Lipinski definition) is 0. The second kappa shape index (κ2) is 8.82. The Balaban J connectivity index is 1.82. The van der Waals surface area contributed by atoms with Gasteiger partial charge in [0.25, 0.3) is 0 Å². The molecule has 30 heavy (non-hydrogen) atoms. The first-order valence-electron chi connectivity index (χ1n) is 9.38. The maximum atomic E-state index is 6.43. The van der Waals surface area contributed by atoms with E-state index in [4.69, 9.17) is 37.8 Å². The monoisotopic (exact) mass is 438 g/mol. The molecule has 0 saturated carbocycles. The van der Waals surface area contributed by atoms with Gasteiger partial charge in [0.15, 0.2) is 0 Å². The summed E-state index contributed by atoms with van der Waals surface area (Å²) in [6, 6.07) is 23.3. The van der Waals surface area contributed by atoms with Crippen LogP contribution in [0.5, 0.6) is 11.5 Å². The summed E-state index contributed by atoms with van der Waals surface area (Å²) in [4.78, 5) is 0. The van der Waals surface area contributed by atoms with Crippen LogP contribution < -0.4 is 9.47 Å². The van der Waals surface area contributed by atoms with Crippen molar-refractivity contribution in [3.63, 3.8) is 0 Å². The van der Waals surface area contributed by atoms with Crippen molar-refractivity contribution in [3.8, 4) is 34.0 Å². The van der Waals surface area contributed by atoms with E-state index >= 15 is 0 Å². The number of methoxy groups -OCH3 is 2. The molecule has 0 N–H and O–H groups in total. The summed E-state index contributed by atoms with van der Waals surface area (Å²) in [6.45, 7) is 0.506. The van der Waals surface area contributed by atoms with Crippen molar-refractivity contribution in [3.05, 3.63) is 88.4 Å². The molecule has 0 fully saturated rings. The maximum Gasteiger partial charge on any atom is 0.119 e. The Morgan fingerprint density at radius 3 is 2.13 bits per heavy atom. The predicted octanol–water partition coefficient (Wildman–Crippen LogP) is 6.59. The van der Waals surface area contributed by atoms with E-state index in [-0.39, 0.29) is 0 Å². The molecule has 6 heteroatoms. The summed E-state index contributed by atoms with van der Waals surface area (Å²) >= 11 is 12.5.